The molecule has 0 amide bonds. The van der Waals surface area contributed by atoms with E-state index in [0.29, 0.717) is 6.42 Å². The summed E-state index contributed by atoms with van der Waals surface area (Å²) in [6.45, 7) is 0.160. The lowest BCUT2D eigenvalue weighted by molar-refractivity contribution is 0.208. The van der Waals surface area contributed by atoms with Gasteiger partial charge in [0, 0.05) is 6.61 Å². The van der Waals surface area contributed by atoms with Crippen LogP contribution in [0.2, 0.25) is 0 Å². The predicted octanol–water partition coefficient (Wildman–Crippen LogP) is 2.23. The lowest BCUT2D eigenvalue weighted by atomic mass is 9.79. The first kappa shape index (κ1) is 9.54. The molecular weight excluding hydrogens is 150 g/mol. The minimum Gasteiger partial charge on any atom is -0.396 e. The third kappa shape index (κ3) is 2.22. The van der Waals surface area contributed by atoms with Crippen molar-refractivity contribution in [2.45, 2.75) is 44.9 Å². The molecule has 1 aliphatic carbocycles. The summed E-state index contributed by atoms with van der Waals surface area (Å²) in [5.41, 5.74) is -0.189. The van der Waals surface area contributed by atoms with Crippen LogP contribution in [-0.2, 0) is 0 Å². The van der Waals surface area contributed by atoms with E-state index in [9.17, 15) is 0 Å². The zero-order valence-corrected chi connectivity index (χ0v) is 7.55. The van der Waals surface area contributed by atoms with Crippen molar-refractivity contribution < 1.29 is 5.11 Å². The third-order valence-corrected chi connectivity index (χ3v) is 2.89. The SMILES string of the molecule is N#CC1(CCO)CCCCCC1. The fourth-order valence-electron chi connectivity index (χ4n) is 2.04. The van der Waals surface area contributed by atoms with Gasteiger partial charge in [0.15, 0.2) is 0 Å². The minimum atomic E-state index is -0.189. The van der Waals surface area contributed by atoms with Crippen molar-refractivity contribution in [2.24, 2.45) is 5.41 Å². The minimum absolute atomic E-state index is 0.160. The highest BCUT2D eigenvalue weighted by Gasteiger charge is 2.29. The zero-order chi connectivity index (χ0) is 8.86. The van der Waals surface area contributed by atoms with Gasteiger partial charge in [-0.05, 0) is 19.3 Å². The average Bonchev–Trinajstić information content (AvgIpc) is 2.32. The smallest absolute Gasteiger partial charge is 0.0690 e. The standard InChI is InChI=1S/C10H17NO/c11-9-10(7-8-12)5-3-1-2-4-6-10/h12H,1-8H2. The number of aliphatic hydroxyl groups excluding tert-OH is 1. The van der Waals surface area contributed by atoms with Crippen LogP contribution >= 0.6 is 0 Å². The summed E-state index contributed by atoms with van der Waals surface area (Å²) < 4.78 is 0. The van der Waals surface area contributed by atoms with Gasteiger partial charge in [-0.15, -0.1) is 0 Å². The van der Waals surface area contributed by atoms with Crippen molar-refractivity contribution in [3.8, 4) is 6.07 Å². The van der Waals surface area contributed by atoms with Gasteiger partial charge < -0.3 is 5.11 Å². The molecule has 0 aromatic carbocycles. The molecule has 0 bridgehead atoms. The van der Waals surface area contributed by atoms with Gasteiger partial charge >= 0.3 is 0 Å². The van der Waals surface area contributed by atoms with Gasteiger partial charge in [0.2, 0.25) is 0 Å². The Hall–Kier alpha value is -0.550. The van der Waals surface area contributed by atoms with E-state index < -0.39 is 0 Å². The van der Waals surface area contributed by atoms with Gasteiger partial charge in [-0.25, -0.2) is 0 Å². The molecule has 0 saturated heterocycles. The topological polar surface area (TPSA) is 44.0 Å². The molecule has 2 nitrogen and oxygen atoms in total. The maximum atomic E-state index is 9.04. The van der Waals surface area contributed by atoms with Crippen LogP contribution in [0.4, 0.5) is 0 Å². The summed E-state index contributed by atoms with van der Waals surface area (Å²) in [6.07, 6.45) is 7.49. The summed E-state index contributed by atoms with van der Waals surface area (Å²) in [5, 5.41) is 17.9. The number of aliphatic hydroxyl groups is 1. The fraction of sp³-hybridized carbons (Fsp3) is 0.900. The van der Waals surface area contributed by atoms with E-state index in [-0.39, 0.29) is 12.0 Å². The number of nitrogens with zero attached hydrogens (tertiary/aromatic N) is 1. The van der Waals surface area contributed by atoms with E-state index in [1.807, 2.05) is 0 Å². The molecule has 0 atom stereocenters. The molecule has 1 fully saturated rings. The molecule has 1 saturated carbocycles. The molecular formula is C10H17NO. The number of hydrogen-bond donors (Lipinski definition) is 1. The van der Waals surface area contributed by atoms with Crippen molar-refractivity contribution >= 4 is 0 Å². The normalized spacial score (nSPS) is 22.7. The molecule has 0 aromatic rings. The molecule has 0 aliphatic heterocycles. The molecule has 1 rings (SSSR count). The van der Waals surface area contributed by atoms with Crippen LogP contribution in [0.25, 0.3) is 0 Å². The lowest BCUT2D eigenvalue weighted by Gasteiger charge is -2.23. The van der Waals surface area contributed by atoms with Crippen LogP contribution in [0.1, 0.15) is 44.9 Å². The largest absolute Gasteiger partial charge is 0.396 e. The van der Waals surface area contributed by atoms with Gasteiger partial charge in [0.25, 0.3) is 0 Å². The van der Waals surface area contributed by atoms with E-state index >= 15 is 0 Å². The van der Waals surface area contributed by atoms with E-state index in [1.54, 1.807) is 0 Å². The lowest BCUT2D eigenvalue weighted by Crippen LogP contribution is -2.19. The summed E-state index contributed by atoms with van der Waals surface area (Å²) >= 11 is 0. The van der Waals surface area contributed by atoms with E-state index in [0.717, 1.165) is 25.7 Å². The highest BCUT2D eigenvalue weighted by molar-refractivity contribution is 4.99. The van der Waals surface area contributed by atoms with Crippen LogP contribution in [0.15, 0.2) is 0 Å². The van der Waals surface area contributed by atoms with E-state index in [1.165, 1.54) is 12.8 Å². The third-order valence-electron chi connectivity index (χ3n) is 2.89. The van der Waals surface area contributed by atoms with Gasteiger partial charge in [-0.3, -0.25) is 0 Å². The van der Waals surface area contributed by atoms with Crippen LogP contribution in [0.3, 0.4) is 0 Å². The molecule has 2 heteroatoms. The molecule has 0 unspecified atom stereocenters. The first-order valence-corrected chi connectivity index (χ1v) is 4.85. The Kier molecular flexibility index (Phi) is 3.55. The van der Waals surface area contributed by atoms with Crippen molar-refractivity contribution in [3.05, 3.63) is 0 Å². The quantitative estimate of drug-likeness (QED) is 0.641. The molecule has 0 radical (unpaired) electrons. The Labute approximate surface area is 74.2 Å². The Morgan fingerprint density at radius 1 is 1.17 bits per heavy atom. The average molecular weight is 167 g/mol. The molecule has 1 aliphatic rings. The summed E-state index contributed by atoms with van der Waals surface area (Å²) in [7, 11) is 0. The molecule has 68 valence electrons. The molecule has 0 aromatic heterocycles. The first-order chi connectivity index (χ1) is 5.83. The van der Waals surface area contributed by atoms with Crippen molar-refractivity contribution in [3.63, 3.8) is 0 Å². The first-order valence-electron chi connectivity index (χ1n) is 4.85. The second-order valence-electron chi connectivity index (χ2n) is 3.78. The maximum absolute atomic E-state index is 9.04. The van der Waals surface area contributed by atoms with E-state index in [2.05, 4.69) is 6.07 Å². The second kappa shape index (κ2) is 4.47. The Morgan fingerprint density at radius 3 is 2.17 bits per heavy atom. The van der Waals surface area contributed by atoms with Crippen LogP contribution in [-0.4, -0.2) is 11.7 Å². The van der Waals surface area contributed by atoms with Gasteiger partial charge in [-0.1, -0.05) is 25.7 Å². The van der Waals surface area contributed by atoms with Gasteiger partial charge in [0.1, 0.15) is 0 Å². The zero-order valence-electron chi connectivity index (χ0n) is 7.55. The summed E-state index contributed by atoms with van der Waals surface area (Å²) in [4.78, 5) is 0. The highest BCUT2D eigenvalue weighted by Crippen LogP contribution is 2.36. The number of rotatable bonds is 2. The van der Waals surface area contributed by atoms with Gasteiger partial charge in [0.05, 0.1) is 11.5 Å². The predicted molar refractivity (Wildman–Crippen MR) is 47.5 cm³/mol. The Morgan fingerprint density at radius 2 is 1.75 bits per heavy atom. The summed E-state index contributed by atoms with van der Waals surface area (Å²) in [5.74, 6) is 0. The van der Waals surface area contributed by atoms with Crippen LogP contribution in [0, 0.1) is 16.7 Å². The molecule has 1 N–H and O–H groups in total. The van der Waals surface area contributed by atoms with Crippen LogP contribution < -0.4 is 0 Å². The van der Waals surface area contributed by atoms with Crippen molar-refractivity contribution in [1.29, 1.82) is 5.26 Å². The van der Waals surface area contributed by atoms with Gasteiger partial charge in [-0.2, -0.15) is 5.26 Å². The molecule has 12 heavy (non-hydrogen) atoms. The number of nitriles is 1. The van der Waals surface area contributed by atoms with E-state index in [4.69, 9.17) is 10.4 Å². The maximum Gasteiger partial charge on any atom is 0.0690 e. The second-order valence-corrected chi connectivity index (χ2v) is 3.78. The Balaban J connectivity index is 2.56. The Bertz CT molecular complexity index is 163. The van der Waals surface area contributed by atoms with Crippen LogP contribution in [0.5, 0.6) is 0 Å². The highest BCUT2D eigenvalue weighted by atomic mass is 16.3. The van der Waals surface area contributed by atoms with Crippen molar-refractivity contribution in [2.75, 3.05) is 6.61 Å². The monoisotopic (exact) mass is 167 g/mol. The fourth-order valence-corrected chi connectivity index (χ4v) is 2.04. The number of hydrogen-bond acceptors (Lipinski definition) is 2. The van der Waals surface area contributed by atoms with Crippen molar-refractivity contribution in [1.82, 2.24) is 0 Å². The summed E-state index contributed by atoms with van der Waals surface area (Å²) in [6, 6.07) is 2.40. The molecule has 0 spiro atoms. The molecule has 0 heterocycles.